The lowest BCUT2D eigenvalue weighted by molar-refractivity contribution is 0.144. The molecule has 0 bridgehead atoms. The molecule has 0 spiro atoms. The summed E-state index contributed by atoms with van der Waals surface area (Å²) < 4.78 is 17.1. The van der Waals surface area contributed by atoms with Crippen LogP contribution >= 0.6 is 11.6 Å². The molecule has 7 nitrogen and oxygen atoms in total. The Bertz CT molecular complexity index is 944. The highest BCUT2D eigenvalue weighted by Crippen LogP contribution is 2.42. The average Bonchev–Trinajstić information content (AvgIpc) is 2.89. The molecule has 8 heteroatoms. The highest BCUT2D eigenvalue weighted by molar-refractivity contribution is 6.31. The van der Waals surface area contributed by atoms with E-state index in [9.17, 15) is 0 Å². The molecule has 2 aromatic carbocycles. The van der Waals surface area contributed by atoms with Crippen molar-refractivity contribution in [2.24, 2.45) is 0 Å². The first kappa shape index (κ1) is 23.5. The number of hydrogen-bond donors (Lipinski definition) is 1. The quantitative estimate of drug-likeness (QED) is 0.644. The molecule has 0 radical (unpaired) electrons. The van der Waals surface area contributed by atoms with Crippen LogP contribution in [0.25, 0.3) is 0 Å². The van der Waals surface area contributed by atoms with Crippen LogP contribution in [0.5, 0.6) is 17.2 Å². The molecule has 0 aliphatic carbocycles. The van der Waals surface area contributed by atoms with Crippen LogP contribution in [0.1, 0.15) is 18.0 Å². The van der Waals surface area contributed by atoms with E-state index in [0.717, 1.165) is 88.3 Å². The van der Waals surface area contributed by atoms with Crippen molar-refractivity contribution in [3.8, 4) is 17.2 Å². The Kier molecular flexibility index (Phi) is 7.64. The molecule has 0 aromatic heterocycles. The topological polar surface area (TPSA) is 49.4 Å². The largest absolute Gasteiger partial charge is 0.497 e. The first-order chi connectivity index (χ1) is 16.7. The molecular formula is C26H35ClN4O3. The van der Waals surface area contributed by atoms with E-state index in [1.54, 1.807) is 7.11 Å². The van der Waals surface area contributed by atoms with Crippen molar-refractivity contribution in [3.63, 3.8) is 0 Å². The van der Waals surface area contributed by atoms with Crippen molar-refractivity contribution >= 4 is 17.3 Å². The third-order valence-corrected chi connectivity index (χ3v) is 7.33. The summed E-state index contributed by atoms with van der Waals surface area (Å²) in [5.74, 6) is 2.51. The van der Waals surface area contributed by atoms with Crippen LogP contribution in [0.15, 0.2) is 36.4 Å². The van der Waals surface area contributed by atoms with Gasteiger partial charge in [0.2, 0.25) is 0 Å². The van der Waals surface area contributed by atoms with Crippen molar-refractivity contribution in [3.05, 3.63) is 47.0 Å². The Morgan fingerprint density at radius 1 is 0.971 bits per heavy atom. The van der Waals surface area contributed by atoms with E-state index in [1.165, 1.54) is 5.56 Å². The van der Waals surface area contributed by atoms with E-state index in [0.29, 0.717) is 24.3 Å². The van der Waals surface area contributed by atoms with Crippen molar-refractivity contribution in [1.29, 1.82) is 0 Å². The minimum atomic E-state index is 0.427. The second-order valence-corrected chi connectivity index (χ2v) is 9.58. The second-order valence-electron chi connectivity index (χ2n) is 9.14. The standard InChI is InChI=1S/C26H35ClN4O3/c1-32-22-4-2-20(3-5-22)23(30-10-7-28-8-11-30)6-9-29-12-14-31(15-13-29)24-18-21(27)19-25-26(24)34-17-16-33-25/h2-5,18-19,23,28H,6-17H2,1H3. The highest BCUT2D eigenvalue weighted by atomic mass is 35.5. The lowest BCUT2D eigenvalue weighted by atomic mass is 10.0. The van der Waals surface area contributed by atoms with Gasteiger partial charge in [0.15, 0.2) is 11.5 Å². The molecule has 1 unspecified atom stereocenters. The van der Waals surface area contributed by atoms with Gasteiger partial charge in [-0.2, -0.15) is 0 Å². The molecule has 2 fully saturated rings. The summed E-state index contributed by atoms with van der Waals surface area (Å²) in [5, 5.41) is 4.18. The number of methoxy groups -OCH3 is 1. The van der Waals surface area contributed by atoms with Crippen LogP contribution < -0.4 is 24.4 Å². The number of nitrogens with one attached hydrogen (secondary N) is 1. The van der Waals surface area contributed by atoms with Crippen molar-refractivity contribution < 1.29 is 14.2 Å². The molecule has 3 heterocycles. The van der Waals surface area contributed by atoms with Gasteiger partial charge in [0.05, 0.1) is 12.8 Å². The number of piperazine rings is 2. The Morgan fingerprint density at radius 3 is 2.44 bits per heavy atom. The maximum absolute atomic E-state index is 6.38. The third-order valence-electron chi connectivity index (χ3n) is 7.11. The van der Waals surface area contributed by atoms with E-state index in [2.05, 4.69) is 44.3 Å². The normalized spacial score (nSPS) is 20.2. The molecule has 5 rings (SSSR count). The van der Waals surface area contributed by atoms with Gasteiger partial charge in [-0.05, 0) is 30.2 Å². The third kappa shape index (κ3) is 5.38. The Balaban J connectivity index is 1.21. The van der Waals surface area contributed by atoms with Crippen LogP contribution in [0.3, 0.4) is 0 Å². The fraction of sp³-hybridized carbons (Fsp3) is 0.538. The lowest BCUT2D eigenvalue weighted by Gasteiger charge is -2.39. The van der Waals surface area contributed by atoms with Crippen molar-refractivity contribution in [2.75, 3.05) is 84.1 Å². The van der Waals surface area contributed by atoms with Gasteiger partial charge >= 0.3 is 0 Å². The highest BCUT2D eigenvalue weighted by Gasteiger charge is 2.27. The number of nitrogens with zero attached hydrogens (tertiary/aromatic N) is 3. The molecule has 2 aromatic rings. The van der Waals surface area contributed by atoms with E-state index in [4.69, 9.17) is 25.8 Å². The van der Waals surface area contributed by atoms with E-state index in [-0.39, 0.29) is 0 Å². The minimum absolute atomic E-state index is 0.427. The maximum Gasteiger partial charge on any atom is 0.184 e. The molecule has 0 amide bonds. The van der Waals surface area contributed by atoms with Crippen LogP contribution in [0.2, 0.25) is 5.02 Å². The lowest BCUT2D eigenvalue weighted by Crippen LogP contribution is -2.48. The van der Waals surface area contributed by atoms with Crippen molar-refractivity contribution in [1.82, 2.24) is 15.1 Å². The van der Waals surface area contributed by atoms with Gasteiger partial charge in [-0.1, -0.05) is 23.7 Å². The monoisotopic (exact) mass is 486 g/mol. The van der Waals surface area contributed by atoms with E-state index < -0.39 is 0 Å². The smallest absolute Gasteiger partial charge is 0.184 e. The molecular weight excluding hydrogens is 452 g/mol. The summed E-state index contributed by atoms with van der Waals surface area (Å²) in [6.07, 6.45) is 1.12. The first-order valence-corrected chi connectivity index (χ1v) is 12.7. The predicted molar refractivity (Wildman–Crippen MR) is 136 cm³/mol. The molecule has 184 valence electrons. The number of ether oxygens (including phenoxy) is 3. The van der Waals surface area contributed by atoms with Gasteiger partial charge in [0, 0.05) is 76.0 Å². The first-order valence-electron chi connectivity index (χ1n) is 12.4. The van der Waals surface area contributed by atoms with E-state index in [1.807, 2.05) is 12.1 Å². The number of rotatable bonds is 7. The van der Waals surface area contributed by atoms with Gasteiger partial charge in [0.25, 0.3) is 0 Å². The fourth-order valence-electron chi connectivity index (χ4n) is 5.23. The second kappa shape index (κ2) is 11.0. The summed E-state index contributed by atoms with van der Waals surface area (Å²) in [6.45, 7) is 10.5. The Morgan fingerprint density at radius 2 is 1.71 bits per heavy atom. The summed E-state index contributed by atoms with van der Waals surface area (Å²) >= 11 is 6.38. The maximum atomic E-state index is 6.38. The number of halogens is 1. The van der Waals surface area contributed by atoms with Gasteiger partial charge in [0.1, 0.15) is 19.0 Å². The molecule has 1 atom stereocenters. The number of benzene rings is 2. The van der Waals surface area contributed by atoms with Gasteiger partial charge in [-0.25, -0.2) is 0 Å². The molecule has 34 heavy (non-hydrogen) atoms. The summed E-state index contributed by atoms with van der Waals surface area (Å²) in [4.78, 5) is 7.60. The molecule has 3 aliphatic rings. The number of fused-ring (bicyclic) bond motifs is 1. The molecule has 0 saturated carbocycles. The molecule has 3 aliphatic heterocycles. The van der Waals surface area contributed by atoms with Crippen LogP contribution in [0.4, 0.5) is 5.69 Å². The Hall–Kier alpha value is -2.19. The number of anilines is 1. The summed E-state index contributed by atoms with van der Waals surface area (Å²) in [7, 11) is 1.72. The van der Waals surface area contributed by atoms with Gasteiger partial charge in [-0.3, -0.25) is 9.80 Å². The average molecular weight is 487 g/mol. The SMILES string of the molecule is COc1ccc(C(CCN2CCN(c3cc(Cl)cc4c3OCCO4)CC2)N2CCNCC2)cc1. The minimum Gasteiger partial charge on any atom is -0.497 e. The van der Waals surface area contributed by atoms with Crippen molar-refractivity contribution in [2.45, 2.75) is 12.5 Å². The zero-order valence-corrected chi connectivity index (χ0v) is 20.7. The Labute approximate surface area is 207 Å². The summed E-state index contributed by atoms with van der Waals surface area (Å²) in [5.41, 5.74) is 2.43. The zero-order valence-electron chi connectivity index (χ0n) is 20.0. The molecule has 2 saturated heterocycles. The number of hydrogen-bond acceptors (Lipinski definition) is 7. The van der Waals surface area contributed by atoms with E-state index >= 15 is 0 Å². The van der Waals surface area contributed by atoms with Gasteiger partial charge in [-0.15, -0.1) is 0 Å². The predicted octanol–water partition coefficient (Wildman–Crippen LogP) is 3.28. The van der Waals surface area contributed by atoms with Gasteiger partial charge < -0.3 is 24.4 Å². The molecule has 1 N–H and O–H groups in total. The van der Waals surface area contributed by atoms with Crippen LogP contribution in [-0.4, -0.2) is 89.0 Å². The van der Waals surface area contributed by atoms with Crippen LogP contribution in [-0.2, 0) is 0 Å². The van der Waals surface area contributed by atoms with Crippen LogP contribution in [0, 0.1) is 0 Å². The zero-order chi connectivity index (χ0) is 23.3. The summed E-state index contributed by atoms with van der Waals surface area (Å²) in [6, 6.07) is 12.9. The fourth-order valence-corrected chi connectivity index (χ4v) is 5.44.